The van der Waals surface area contributed by atoms with Gasteiger partial charge in [0.2, 0.25) is 11.6 Å². The first-order chi connectivity index (χ1) is 7.90. The van der Waals surface area contributed by atoms with E-state index < -0.39 is 17.6 Å². The van der Waals surface area contributed by atoms with Gasteiger partial charge in [0.25, 0.3) is 5.91 Å². The summed E-state index contributed by atoms with van der Waals surface area (Å²) in [6.45, 7) is 1.49. The Hall–Kier alpha value is -1.47. The van der Waals surface area contributed by atoms with Gasteiger partial charge in [0, 0.05) is 26.9 Å². The van der Waals surface area contributed by atoms with Gasteiger partial charge in [0.15, 0.2) is 0 Å². The summed E-state index contributed by atoms with van der Waals surface area (Å²) in [4.78, 5) is 35.3. The molecule has 0 spiro atoms. The highest BCUT2D eigenvalue weighted by Gasteiger charge is 2.46. The Morgan fingerprint density at radius 3 is 2.71 bits per heavy atom. The Morgan fingerprint density at radius 2 is 2.18 bits per heavy atom. The number of imide groups is 1. The smallest absolute Gasteiger partial charge is 0.304 e. The standard InChI is InChI=1S/C10H16N2O5/c1-7(13)17-10(11)4-3-8(14)12(9(10)15)5-6-16-2/h3-6,11H2,1-2H3. The number of amides is 2. The second kappa shape index (κ2) is 5.24. The zero-order valence-electron chi connectivity index (χ0n) is 9.89. The van der Waals surface area contributed by atoms with E-state index >= 15 is 0 Å². The number of carbonyl (C=O) groups excluding carboxylic acids is 3. The van der Waals surface area contributed by atoms with Crippen LogP contribution in [0.3, 0.4) is 0 Å². The number of piperidine rings is 1. The maximum absolute atomic E-state index is 11.9. The molecule has 96 valence electrons. The number of nitrogens with two attached hydrogens (primary N) is 1. The summed E-state index contributed by atoms with van der Waals surface area (Å²) < 4.78 is 9.60. The van der Waals surface area contributed by atoms with Gasteiger partial charge in [-0.1, -0.05) is 0 Å². The minimum absolute atomic E-state index is 0.00767. The van der Waals surface area contributed by atoms with Crippen LogP contribution >= 0.6 is 0 Å². The fourth-order valence-corrected chi connectivity index (χ4v) is 1.64. The van der Waals surface area contributed by atoms with Crippen LogP contribution in [0.1, 0.15) is 19.8 Å². The van der Waals surface area contributed by atoms with Gasteiger partial charge < -0.3 is 9.47 Å². The first-order valence-corrected chi connectivity index (χ1v) is 5.23. The van der Waals surface area contributed by atoms with E-state index in [-0.39, 0.29) is 31.9 Å². The number of ether oxygens (including phenoxy) is 2. The molecule has 1 unspecified atom stereocenters. The summed E-state index contributed by atoms with van der Waals surface area (Å²) in [6.07, 6.45) is 0.0764. The fraction of sp³-hybridized carbons (Fsp3) is 0.700. The molecule has 2 N–H and O–H groups in total. The van der Waals surface area contributed by atoms with Gasteiger partial charge in [-0.15, -0.1) is 0 Å². The van der Waals surface area contributed by atoms with Crippen molar-refractivity contribution in [2.24, 2.45) is 5.73 Å². The van der Waals surface area contributed by atoms with Crippen molar-refractivity contribution in [1.29, 1.82) is 0 Å². The van der Waals surface area contributed by atoms with Crippen LogP contribution in [-0.4, -0.2) is 48.7 Å². The summed E-state index contributed by atoms with van der Waals surface area (Å²) in [7, 11) is 1.46. The Bertz CT molecular complexity index is 344. The molecule has 1 aliphatic heterocycles. The molecule has 7 nitrogen and oxygen atoms in total. The zero-order valence-corrected chi connectivity index (χ0v) is 9.89. The summed E-state index contributed by atoms with van der Waals surface area (Å²) in [5.74, 6) is -1.68. The van der Waals surface area contributed by atoms with Crippen LogP contribution in [0.2, 0.25) is 0 Å². The van der Waals surface area contributed by atoms with Crippen molar-refractivity contribution < 1.29 is 23.9 Å². The second-order valence-electron chi connectivity index (χ2n) is 3.83. The predicted molar refractivity (Wildman–Crippen MR) is 56.5 cm³/mol. The van der Waals surface area contributed by atoms with Crippen LogP contribution < -0.4 is 5.73 Å². The Morgan fingerprint density at radius 1 is 1.53 bits per heavy atom. The van der Waals surface area contributed by atoms with Gasteiger partial charge in [-0.25, -0.2) is 0 Å². The zero-order chi connectivity index (χ0) is 13.1. The van der Waals surface area contributed by atoms with Crippen molar-refractivity contribution in [2.45, 2.75) is 25.5 Å². The Balaban J connectivity index is 2.81. The molecule has 1 saturated heterocycles. The fourth-order valence-electron chi connectivity index (χ4n) is 1.64. The largest absolute Gasteiger partial charge is 0.435 e. The third kappa shape index (κ3) is 3.01. The van der Waals surface area contributed by atoms with Crippen LogP contribution in [0.15, 0.2) is 0 Å². The van der Waals surface area contributed by atoms with Crippen LogP contribution in [0.5, 0.6) is 0 Å². The topological polar surface area (TPSA) is 98.9 Å². The third-order valence-electron chi connectivity index (χ3n) is 2.46. The Kier molecular flexibility index (Phi) is 4.19. The lowest BCUT2D eigenvalue weighted by atomic mass is 10.0. The third-order valence-corrected chi connectivity index (χ3v) is 2.46. The van der Waals surface area contributed by atoms with E-state index in [1.54, 1.807) is 0 Å². The molecule has 1 aliphatic rings. The summed E-state index contributed by atoms with van der Waals surface area (Å²) >= 11 is 0. The Labute approximate surface area is 98.8 Å². The van der Waals surface area contributed by atoms with Crippen molar-refractivity contribution >= 4 is 17.8 Å². The molecule has 0 bridgehead atoms. The highest BCUT2D eigenvalue weighted by atomic mass is 16.6. The van der Waals surface area contributed by atoms with Crippen molar-refractivity contribution in [3.8, 4) is 0 Å². The van der Waals surface area contributed by atoms with E-state index in [9.17, 15) is 14.4 Å². The monoisotopic (exact) mass is 244 g/mol. The van der Waals surface area contributed by atoms with Crippen molar-refractivity contribution in [3.05, 3.63) is 0 Å². The summed E-state index contributed by atoms with van der Waals surface area (Å²) in [6, 6.07) is 0. The SMILES string of the molecule is COCCN1C(=O)CCC(N)(OC(C)=O)C1=O. The number of nitrogens with zero attached hydrogens (tertiary/aromatic N) is 1. The molecule has 1 fully saturated rings. The minimum Gasteiger partial charge on any atom is -0.435 e. The molecule has 0 aromatic carbocycles. The molecule has 0 radical (unpaired) electrons. The number of esters is 1. The number of methoxy groups -OCH3 is 1. The summed E-state index contributed by atoms with van der Waals surface area (Å²) in [5, 5.41) is 0. The van der Waals surface area contributed by atoms with Crippen LogP contribution in [0.4, 0.5) is 0 Å². The lowest BCUT2D eigenvalue weighted by Gasteiger charge is -2.36. The van der Waals surface area contributed by atoms with Gasteiger partial charge in [0.05, 0.1) is 13.2 Å². The maximum Gasteiger partial charge on any atom is 0.304 e. The number of likely N-dealkylation sites (tertiary alicyclic amines) is 1. The highest BCUT2D eigenvalue weighted by molar-refractivity contribution is 6.02. The van der Waals surface area contributed by atoms with E-state index in [2.05, 4.69) is 0 Å². The molecular formula is C10H16N2O5. The predicted octanol–water partition coefficient (Wildman–Crippen LogP) is -1.00. The highest BCUT2D eigenvalue weighted by Crippen LogP contribution is 2.22. The van der Waals surface area contributed by atoms with Crippen molar-refractivity contribution in [3.63, 3.8) is 0 Å². The van der Waals surface area contributed by atoms with Crippen LogP contribution in [0, 0.1) is 0 Å². The normalized spacial score (nSPS) is 25.0. The molecule has 0 saturated carbocycles. The number of hydrogen-bond acceptors (Lipinski definition) is 6. The number of carbonyl (C=O) groups is 3. The first-order valence-electron chi connectivity index (χ1n) is 5.23. The van der Waals surface area contributed by atoms with Gasteiger partial charge >= 0.3 is 5.97 Å². The quantitative estimate of drug-likeness (QED) is 0.387. The number of rotatable bonds is 4. The van der Waals surface area contributed by atoms with E-state index in [0.29, 0.717) is 0 Å². The molecule has 0 aliphatic carbocycles. The molecule has 1 rings (SSSR count). The van der Waals surface area contributed by atoms with Crippen molar-refractivity contribution in [1.82, 2.24) is 4.90 Å². The lowest BCUT2D eigenvalue weighted by Crippen LogP contribution is -2.63. The van der Waals surface area contributed by atoms with E-state index in [1.807, 2.05) is 0 Å². The molecule has 2 amide bonds. The molecule has 0 aromatic rings. The van der Waals surface area contributed by atoms with Gasteiger partial charge in [-0.2, -0.15) is 0 Å². The van der Waals surface area contributed by atoms with E-state index in [1.165, 1.54) is 7.11 Å². The molecule has 7 heteroatoms. The maximum atomic E-state index is 11.9. The molecule has 0 aromatic heterocycles. The first kappa shape index (κ1) is 13.6. The van der Waals surface area contributed by atoms with Crippen LogP contribution in [-0.2, 0) is 23.9 Å². The van der Waals surface area contributed by atoms with E-state index in [4.69, 9.17) is 15.2 Å². The number of hydrogen-bond donors (Lipinski definition) is 1. The molecule has 17 heavy (non-hydrogen) atoms. The average Bonchev–Trinajstić information content (AvgIpc) is 2.24. The summed E-state index contributed by atoms with van der Waals surface area (Å²) in [5.41, 5.74) is 3.97. The van der Waals surface area contributed by atoms with E-state index in [0.717, 1.165) is 11.8 Å². The second-order valence-corrected chi connectivity index (χ2v) is 3.83. The van der Waals surface area contributed by atoms with Crippen LogP contribution in [0.25, 0.3) is 0 Å². The van der Waals surface area contributed by atoms with Crippen molar-refractivity contribution in [2.75, 3.05) is 20.3 Å². The van der Waals surface area contributed by atoms with Gasteiger partial charge in [0.1, 0.15) is 0 Å². The van der Waals surface area contributed by atoms with Gasteiger partial charge in [-0.05, 0) is 0 Å². The molecular weight excluding hydrogens is 228 g/mol. The minimum atomic E-state index is -1.73. The van der Waals surface area contributed by atoms with Gasteiger partial charge in [-0.3, -0.25) is 25.0 Å². The molecule has 1 atom stereocenters. The molecule has 1 heterocycles. The lowest BCUT2D eigenvalue weighted by molar-refractivity contribution is -0.181. The average molecular weight is 244 g/mol.